The second kappa shape index (κ2) is 8.73. The van der Waals surface area contributed by atoms with E-state index in [-0.39, 0.29) is 18.3 Å². The third-order valence-electron chi connectivity index (χ3n) is 3.41. The molecule has 0 saturated carbocycles. The highest BCUT2D eigenvalue weighted by molar-refractivity contribution is 5.80. The Labute approximate surface area is 136 Å². The van der Waals surface area contributed by atoms with E-state index in [4.69, 9.17) is 4.74 Å². The van der Waals surface area contributed by atoms with Crippen LogP contribution in [0, 0.1) is 0 Å². The molecule has 0 aliphatic carbocycles. The SMILES string of the molecule is CCC(=O)Oc1ccccc1CC(=O)NCCc1ccccc1. The topological polar surface area (TPSA) is 55.4 Å². The molecular formula is C19H21NO3. The summed E-state index contributed by atoms with van der Waals surface area (Å²) in [4.78, 5) is 23.5. The summed E-state index contributed by atoms with van der Waals surface area (Å²) in [6, 6.07) is 17.1. The monoisotopic (exact) mass is 311 g/mol. The largest absolute Gasteiger partial charge is 0.426 e. The van der Waals surface area contributed by atoms with Crippen molar-refractivity contribution in [2.45, 2.75) is 26.2 Å². The van der Waals surface area contributed by atoms with Crippen LogP contribution < -0.4 is 10.1 Å². The van der Waals surface area contributed by atoms with E-state index in [0.717, 1.165) is 6.42 Å². The molecule has 0 radical (unpaired) electrons. The maximum atomic E-state index is 12.1. The van der Waals surface area contributed by atoms with Gasteiger partial charge in [-0.25, -0.2) is 0 Å². The molecule has 0 atom stereocenters. The van der Waals surface area contributed by atoms with Crippen LogP contribution >= 0.6 is 0 Å². The Balaban J connectivity index is 1.86. The second-order valence-electron chi connectivity index (χ2n) is 5.20. The summed E-state index contributed by atoms with van der Waals surface area (Å²) >= 11 is 0. The second-order valence-corrected chi connectivity index (χ2v) is 5.20. The van der Waals surface area contributed by atoms with Crippen molar-refractivity contribution in [3.05, 3.63) is 65.7 Å². The van der Waals surface area contributed by atoms with Crippen LogP contribution in [0.1, 0.15) is 24.5 Å². The lowest BCUT2D eigenvalue weighted by Gasteiger charge is -2.10. The average molecular weight is 311 g/mol. The fourth-order valence-corrected chi connectivity index (χ4v) is 2.17. The number of hydrogen-bond acceptors (Lipinski definition) is 3. The van der Waals surface area contributed by atoms with E-state index in [2.05, 4.69) is 5.32 Å². The highest BCUT2D eigenvalue weighted by Crippen LogP contribution is 2.19. The predicted octanol–water partition coefficient (Wildman–Crippen LogP) is 2.90. The molecule has 1 amide bonds. The van der Waals surface area contributed by atoms with Gasteiger partial charge in [0, 0.05) is 18.5 Å². The van der Waals surface area contributed by atoms with Crippen LogP contribution in [0.4, 0.5) is 0 Å². The molecule has 1 N–H and O–H groups in total. The summed E-state index contributed by atoms with van der Waals surface area (Å²) in [5.74, 6) is 0.0698. The van der Waals surface area contributed by atoms with Gasteiger partial charge in [-0.1, -0.05) is 55.5 Å². The van der Waals surface area contributed by atoms with E-state index >= 15 is 0 Å². The lowest BCUT2D eigenvalue weighted by atomic mass is 10.1. The van der Waals surface area contributed by atoms with E-state index in [0.29, 0.717) is 24.3 Å². The van der Waals surface area contributed by atoms with Crippen LogP contribution in [-0.4, -0.2) is 18.4 Å². The molecular weight excluding hydrogens is 290 g/mol. The van der Waals surface area contributed by atoms with Crippen molar-refractivity contribution < 1.29 is 14.3 Å². The minimum atomic E-state index is -0.304. The van der Waals surface area contributed by atoms with Crippen molar-refractivity contribution in [3.8, 4) is 5.75 Å². The van der Waals surface area contributed by atoms with Crippen molar-refractivity contribution in [2.75, 3.05) is 6.54 Å². The summed E-state index contributed by atoms with van der Waals surface area (Å²) < 4.78 is 5.25. The van der Waals surface area contributed by atoms with Crippen molar-refractivity contribution in [1.29, 1.82) is 0 Å². The molecule has 0 fully saturated rings. The summed E-state index contributed by atoms with van der Waals surface area (Å²) in [7, 11) is 0. The van der Waals surface area contributed by atoms with Crippen LogP contribution in [0.2, 0.25) is 0 Å². The zero-order chi connectivity index (χ0) is 16.5. The average Bonchev–Trinajstić information content (AvgIpc) is 2.57. The maximum Gasteiger partial charge on any atom is 0.310 e. The fourth-order valence-electron chi connectivity index (χ4n) is 2.17. The van der Waals surface area contributed by atoms with Gasteiger partial charge in [0.05, 0.1) is 6.42 Å². The van der Waals surface area contributed by atoms with Crippen molar-refractivity contribution in [2.24, 2.45) is 0 Å². The third-order valence-corrected chi connectivity index (χ3v) is 3.41. The Morgan fingerprint density at radius 3 is 2.43 bits per heavy atom. The van der Waals surface area contributed by atoms with Gasteiger partial charge in [-0.2, -0.15) is 0 Å². The predicted molar refractivity (Wildman–Crippen MR) is 89.2 cm³/mol. The molecule has 2 aromatic rings. The molecule has 0 bridgehead atoms. The standard InChI is InChI=1S/C19H21NO3/c1-2-19(22)23-17-11-7-6-10-16(17)14-18(21)20-13-12-15-8-4-3-5-9-15/h3-11H,2,12-14H2,1H3,(H,20,21). The van der Waals surface area contributed by atoms with Crippen LogP contribution in [0.25, 0.3) is 0 Å². The molecule has 2 rings (SSSR count). The first-order valence-electron chi connectivity index (χ1n) is 7.78. The normalized spacial score (nSPS) is 10.1. The summed E-state index contributed by atoms with van der Waals surface area (Å²) in [6.07, 6.45) is 1.29. The number of rotatable bonds is 7. The molecule has 0 aromatic heterocycles. The van der Waals surface area contributed by atoms with Gasteiger partial charge in [0.1, 0.15) is 5.75 Å². The van der Waals surface area contributed by atoms with Crippen molar-refractivity contribution >= 4 is 11.9 Å². The molecule has 120 valence electrons. The van der Waals surface area contributed by atoms with E-state index in [1.807, 2.05) is 36.4 Å². The van der Waals surface area contributed by atoms with Gasteiger partial charge in [0.25, 0.3) is 0 Å². The van der Waals surface area contributed by atoms with Crippen molar-refractivity contribution in [3.63, 3.8) is 0 Å². The highest BCUT2D eigenvalue weighted by atomic mass is 16.5. The first-order chi connectivity index (χ1) is 11.2. The van der Waals surface area contributed by atoms with Gasteiger partial charge in [0.15, 0.2) is 0 Å². The molecule has 0 unspecified atom stereocenters. The molecule has 0 aliphatic rings. The summed E-state index contributed by atoms with van der Waals surface area (Å²) in [5.41, 5.74) is 1.90. The Kier molecular flexibility index (Phi) is 6.36. The maximum absolute atomic E-state index is 12.1. The first-order valence-corrected chi connectivity index (χ1v) is 7.78. The minimum Gasteiger partial charge on any atom is -0.426 e. The molecule has 0 saturated heterocycles. The zero-order valence-corrected chi connectivity index (χ0v) is 13.2. The van der Waals surface area contributed by atoms with Crippen molar-refractivity contribution in [1.82, 2.24) is 5.32 Å². The zero-order valence-electron chi connectivity index (χ0n) is 13.2. The Bertz CT molecular complexity index is 653. The molecule has 2 aromatic carbocycles. The van der Waals surface area contributed by atoms with Gasteiger partial charge in [-0.15, -0.1) is 0 Å². The van der Waals surface area contributed by atoms with E-state index in [1.54, 1.807) is 25.1 Å². The van der Waals surface area contributed by atoms with Gasteiger partial charge in [0.2, 0.25) is 5.91 Å². The van der Waals surface area contributed by atoms with Crippen LogP contribution in [-0.2, 0) is 22.4 Å². The summed E-state index contributed by atoms with van der Waals surface area (Å²) in [5, 5.41) is 2.89. The lowest BCUT2D eigenvalue weighted by Crippen LogP contribution is -2.27. The Hall–Kier alpha value is -2.62. The van der Waals surface area contributed by atoms with Crippen LogP contribution in [0.3, 0.4) is 0 Å². The molecule has 4 nitrogen and oxygen atoms in total. The quantitative estimate of drug-likeness (QED) is 0.632. The van der Waals surface area contributed by atoms with Gasteiger partial charge >= 0.3 is 5.97 Å². The number of carbonyl (C=O) groups excluding carboxylic acids is 2. The number of hydrogen-bond donors (Lipinski definition) is 1. The number of benzene rings is 2. The number of nitrogens with one attached hydrogen (secondary N) is 1. The number of ether oxygens (including phenoxy) is 1. The first kappa shape index (κ1) is 16.7. The minimum absolute atomic E-state index is 0.0825. The van der Waals surface area contributed by atoms with E-state index in [1.165, 1.54) is 5.56 Å². The van der Waals surface area contributed by atoms with Gasteiger partial charge in [-0.05, 0) is 18.1 Å². The van der Waals surface area contributed by atoms with E-state index < -0.39 is 0 Å². The van der Waals surface area contributed by atoms with Crippen LogP contribution in [0.5, 0.6) is 5.75 Å². The molecule has 0 aliphatic heterocycles. The fraction of sp³-hybridized carbons (Fsp3) is 0.263. The molecule has 4 heteroatoms. The molecule has 0 spiro atoms. The molecule has 0 heterocycles. The van der Waals surface area contributed by atoms with E-state index in [9.17, 15) is 9.59 Å². The Morgan fingerprint density at radius 1 is 1.00 bits per heavy atom. The summed E-state index contributed by atoms with van der Waals surface area (Å²) in [6.45, 7) is 2.32. The highest BCUT2D eigenvalue weighted by Gasteiger charge is 2.10. The van der Waals surface area contributed by atoms with Gasteiger partial charge < -0.3 is 10.1 Å². The lowest BCUT2D eigenvalue weighted by molar-refractivity contribution is -0.134. The molecule has 23 heavy (non-hydrogen) atoms. The number of para-hydroxylation sites is 1. The Morgan fingerprint density at radius 2 is 1.70 bits per heavy atom. The number of esters is 1. The third kappa shape index (κ3) is 5.58. The number of carbonyl (C=O) groups is 2. The smallest absolute Gasteiger partial charge is 0.310 e. The van der Waals surface area contributed by atoms with Crippen LogP contribution in [0.15, 0.2) is 54.6 Å². The number of amides is 1. The van der Waals surface area contributed by atoms with Gasteiger partial charge in [-0.3, -0.25) is 9.59 Å².